The fraction of sp³-hybridized carbons (Fsp3) is 0.647. The van der Waals surface area contributed by atoms with Gasteiger partial charge in [0.1, 0.15) is 0 Å². The molecule has 19 heavy (non-hydrogen) atoms. The van der Waals surface area contributed by atoms with Crippen LogP contribution in [0.1, 0.15) is 50.8 Å². The van der Waals surface area contributed by atoms with Crippen LogP contribution in [0, 0.1) is 5.92 Å². The van der Waals surface area contributed by atoms with Crippen molar-refractivity contribution >= 4 is 0 Å². The van der Waals surface area contributed by atoms with E-state index in [1.165, 1.54) is 30.5 Å². The zero-order chi connectivity index (χ0) is 13.8. The fourth-order valence-corrected chi connectivity index (χ4v) is 3.54. The third-order valence-electron chi connectivity index (χ3n) is 4.53. The van der Waals surface area contributed by atoms with Gasteiger partial charge in [0.05, 0.1) is 0 Å². The van der Waals surface area contributed by atoms with Gasteiger partial charge >= 0.3 is 0 Å². The van der Waals surface area contributed by atoms with Gasteiger partial charge in [-0.15, -0.1) is 0 Å². The van der Waals surface area contributed by atoms with Gasteiger partial charge in [0, 0.05) is 18.6 Å². The highest BCUT2D eigenvalue weighted by atomic mass is 15.2. The molecule has 1 aromatic carbocycles. The summed E-state index contributed by atoms with van der Waals surface area (Å²) in [7, 11) is 0. The molecule has 2 heteroatoms. The van der Waals surface area contributed by atoms with Crippen molar-refractivity contribution < 1.29 is 0 Å². The van der Waals surface area contributed by atoms with E-state index in [2.05, 4.69) is 49.9 Å². The molecule has 1 aliphatic rings. The number of benzene rings is 1. The molecule has 2 rings (SSSR count). The minimum absolute atomic E-state index is 0.394. The molecule has 0 amide bonds. The lowest BCUT2D eigenvalue weighted by atomic mass is 9.94. The number of likely N-dealkylation sites (tertiary alicyclic amines) is 1. The van der Waals surface area contributed by atoms with Crippen LogP contribution >= 0.6 is 0 Å². The summed E-state index contributed by atoms with van der Waals surface area (Å²) in [6.07, 6.45) is 3.73. The van der Waals surface area contributed by atoms with E-state index in [0.29, 0.717) is 18.0 Å². The molecule has 2 unspecified atom stereocenters. The maximum Gasteiger partial charge on any atom is 0.0476 e. The zero-order valence-electron chi connectivity index (χ0n) is 12.6. The summed E-state index contributed by atoms with van der Waals surface area (Å²) in [5.41, 5.74) is 9.02. The molecule has 1 aromatic rings. The van der Waals surface area contributed by atoms with E-state index in [1.54, 1.807) is 0 Å². The number of hydrogen-bond donors (Lipinski definition) is 1. The molecule has 2 atom stereocenters. The molecule has 106 valence electrons. The van der Waals surface area contributed by atoms with Crippen LogP contribution in [0.4, 0.5) is 0 Å². The average Bonchev–Trinajstić information content (AvgIpc) is 2.89. The number of aryl methyl sites for hydroxylation is 1. The molecule has 0 radical (unpaired) electrons. The molecule has 1 saturated heterocycles. The number of nitrogens with two attached hydrogens (primary N) is 1. The molecule has 1 fully saturated rings. The second-order valence-corrected chi connectivity index (χ2v) is 6.00. The van der Waals surface area contributed by atoms with Crippen molar-refractivity contribution in [2.24, 2.45) is 11.7 Å². The first kappa shape index (κ1) is 14.5. The standard InChI is InChI=1S/C17H28N2/c1-4-14-8-5-6-9-15(14)17(12-18)19-11-7-10-16(19)13(2)3/h5-6,8-9,13,16-17H,4,7,10-12,18H2,1-3H3. The third kappa shape index (κ3) is 3.01. The zero-order valence-corrected chi connectivity index (χ0v) is 12.6. The Hall–Kier alpha value is -0.860. The van der Waals surface area contributed by atoms with Crippen LogP contribution in [0.15, 0.2) is 24.3 Å². The van der Waals surface area contributed by atoms with Gasteiger partial charge < -0.3 is 5.73 Å². The van der Waals surface area contributed by atoms with E-state index >= 15 is 0 Å². The molecule has 2 nitrogen and oxygen atoms in total. The Bertz CT molecular complexity index is 400. The summed E-state index contributed by atoms with van der Waals surface area (Å²) < 4.78 is 0. The lowest BCUT2D eigenvalue weighted by Gasteiger charge is -2.35. The first-order chi connectivity index (χ1) is 9.19. The molecule has 0 aliphatic carbocycles. The molecule has 2 N–H and O–H groups in total. The maximum atomic E-state index is 6.13. The van der Waals surface area contributed by atoms with Crippen molar-refractivity contribution in [1.29, 1.82) is 0 Å². The highest BCUT2D eigenvalue weighted by Gasteiger charge is 2.33. The van der Waals surface area contributed by atoms with Crippen LogP contribution in [0.25, 0.3) is 0 Å². The molecule has 1 heterocycles. The number of nitrogens with zero attached hydrogens (tertiary/aromatic N) is 1. The molecule has 0 bridgehead atoms. The van der Waals surface area contributed by atoms with Crippen LogP contribution < -0.4 is 5.73 Å². The van der Waals surface area contributed by atoms with Gasteiger partial charge in [-0.1, -0.05) is 45.0 Å². The average molecular weight is 260 g/mol. The topological polar surface area (TPSA) is 29.3 Å². The Morgan fingerprint density at radius 1 is 1.32 bits per heavy atom. The van der Waals surface area contributed by atoms with Gasteiger partial charge in [0.2, 0.25) is 0 Å². The molecular formula is C17H28N2. The van der Waals surface area contributed by atoms with Crippen molar-refractivity contribution in [3.63, 3.8) is 0 Å². The first-order valence-electron chi connectivity index (χ1n) is 7.72. The first-order valence-corrected chi connectivity index (χ1v) is 7.72. The Morgan fingerprint density at radius 3 is 2.68 bits per heavy atom. The predicted octanol–water partition coefficient (Wildman–Crippen LogP) is 3.37. The summed E-state index contributed by atoms with van der Waals surface area (Å²) in [5, 5.41) is 0. The maximum absolute atomic E-state index is 6.13. The predicted molar refractivity (Wildman–Crippen MR) is 82.2 cm³/mol. The van der Waals surface area contributed by atoms with Gasteiger partial charge in [-0.3, -0.25) is 4.90 Å². The summed E-state index contributed by atoms with van der Waals surface area (Å²) in [4.78, 5) is 2.65. The Morgan fingerprint density at radius 2 is 2.05 bits per heavy atom. The second kappa shape index (κ2) is 6.53. The lowest BCUT2D eigenvalue weighted by Crippen LogP contribution is -2.40. The van der Waals surface area contributed by atoms with Crippen LogP contribution in [0.5, 0.6) is 0 Å². The highest BCUT2D eigenvalue weighted by Crippen LogP contribution is 2.33. The normalized spacial score (nSPS) is 22.1. The van der Waals surface area contributed by atoms with E-state index in [-0.39, 0.29) is 0 Å². The molecular weight excluding hydrogens is 232 g/mol. The Balaban J connectivity index is 2.28. The van der Waals surface area contributed by atoms with Gasteiger partial charge in [-0.2, -0.15) is 0 Å². The van der Waals surface area contributed by atoms with Crippen molar-refractivity contribution in [2.75, 3.05) is 13.1 Å². The minimum atomic E-state index is 0.394. The van der Waals surface area contributed by atoms with Gasteiger partial charge in [-0.25, -0.2) is 0 Å². The lowest BCUT2D eigenvalue weighted by molar-refractivity contribution is 0.149. The van der Waals surface area contributed by atoms with Crippen LogP contribution in [-0.2, 0) is 6.42 Å². The summed E-state index contributed by atoms with van der Waals surface area (Å²) in [6.45, 7) is 8.82. The fourth-order valence-electron chi connectivity index (χ4n) is 3.54. The monoisotopic (exact) mass is 260 g/mol. The summed E-state index contributed by atoms with van der Waals surface area (Å²) in [5.74, 6) is 0.713. The summed E-state index contributed by atoms with van der Waals surface area (Å²) in [6, 6.07) is 9.89. The number of hydrogen-bond acceptors (Lipinski definition) is 2. The van der Waals surface area contributed by atoms with E-state index in [4.69, 9.17) is 5.73 Å². The van der Waals surface area contributed by atoms with Crippen molar-refractivity contribution in [1.82, 2.24) is 4.90 Å². The second-order valence-electron chi connectivity index (χ2n) is 6.00. The minimum Gasteiger partial charge on any atom is -0.329 e. The molecule has 1 aliphatic heterocycles. The third-order valence-corrected chi connectivity index (χ3v) is 4.53. The van der Waals surface area contributed by atoms with Crippen LogP contribution in [0.3, 0.4) is 0 Å². The van der Waals surface area contributed by atoms with E-state index in [0.717, 1.165) is 13.0 Å². The van der Waals surface area contributed by atoms with Gasteiger partial charge in [-0.05, 0) is 42.9 Å². The Kier molecular flexibility index (Phi) is 5.00. The number of rotatable bonds is 5. The molecule has 0 spiro atoms. The highest BCUT2D eigenvalue weighted by molar-refractivity contribution is 5.30. The van der Waals surface area contributed by atoms with Gasteiger partial charge in [0.15, 0.2) is 0 Å². The molecule has 0 aromatic heterocycles. The summed E-state index contributed by atoms with van der Waals surface area (Å²) >= 11 is 0. The SMILES string of the molecule is CCc1ccccc1C(CN)N1CCCC1C(C)C. The quantitative estimate of drug-likeness (QED) is 0.879. The van der Waals surface area contributed by atoms with Gasteiger partial charge in [0.25, 0.3) is 0 Å². The molecule has 0 saturated carbocycles. The van der Waals surface area contributed by atoms with E-state index in [9.17, 15) is 0 Å². The van der Waals surface area contributed by atoms with Crippen molar-refractivity contribution in [2.45, 2.75) is 52.1 Å². The van der Waals surface area contributed by atoms with Crippen LogP contribution in [0.2, 0.25) is 0 Å². The van der Waals surface area contributed by atoms with Crippen molar-refractivity contribution in [3.8, 4) is 0 Å². The van der Waals surface area contributed by atoms with Crippen LogP contribution in [-0.4, -0.2) is 24.0 Å². The Labute approximate surface area is 118 Å². The largest absolute Gasteiger partial charge is 0.329 e. The van der Waals surface area contributed by atoms with Crippen molar-refractivity contribution in [3.05, 3.63) is 35.4 Å². The smallest absolute Gasteiger partial charge is 0.0476 e. The van der Waals surface area contributed by atoms with E-state index < -0.39 is 0 Å². The van der Waals surface area contributed by atoms with E-state index in [1.807, 2.05) is 0 Å².